The number of aromatic nitrogens is 5. The van der Waals surface area contributed by atoms with Crippen LogP contribution < -0.4 is 10.9 Å². The molecule has 0 unspecified atom stereocenters. The van der Waals surface area contributed by atoms with Gasteiger partial charge in [0.25, 0.3) is 5.56 Å². The molecule has 0 fully saturated rings. The highest BCUT2D eigenvalue weighted by Gasteiger charge is 2.11. The third-order valence-corrected chi connectivity index (χ3v) is 5.40. The molecule has 2 heterocycles. The average molecular weight is 453 g/mol. The van der Waals surface area contributed by atoms with Crippen molar-refractivity contribution in [2.24, 2.45) is 0 Å². The lowest BCUT2D eigenvalue weighted by Crippen LogP contribution is -2.14. The Morgan fingerprint density at radius 3 is 2.84 bits per heavy atom. The molecule has 4 aromatic rings. The molecule has 0 spiro atoms. The predicted molar refractivity (Wildman–Crippen MR) is 121 cm³/mol. The zero-order chi connectivity index (χ0) is 21.8. The highest BCUT2D eigenvalue weighted by atomic mass is 35.5. The lowest BCUT2D eigenvalue weighted by atomic mass is 10.2. The first-order chi connectivity index (χ1) is 15.0. The molecular formula is C21H17ClN6O2S. The molecule has 0 bridgehead atoms. The summed E-state index contributed by atoms with van der Waals surface area (Å²) in [7, 11) is 0. The SMILES string of the molecule is Cc1cc(=O)[nH]c(-c2cccc(NC(=O)CSc3nncn3-c3cccc(Cl)c3)c2)n1. The maximum atomic E-state index is 12.5. The average Bonchev–Trinajstić information content (AvgIpc) is 3.20. The van der Waals surface area contributed by atoms with Crippen molar-refractivity contribution in [1.82, 2.24) is 24.7 Å². The molecule has 8 nitrogen and oxygen atoms in total. The Bertz CT molecular complexity index is 1300. The number of nitrogens with one attached hydrogen (secondary N) is 2. The Morgan fingerprint density at radius 2 is 2.03 bits per heavy atom. The lowest BCUT2D eigenvalue weighted by Gasteiger charge is -2.08. The standard InChI is InChI=1S/C21H17ClN6O2S/c1-13-8-18(29)26-20(24-13)14-4-2-6-16(9-14)25-19(30)11-31-21-27-23-12-28(21)17-7-3-5-15(22)10-17/h2-10,12H,11H2,1H3,(H,25,30)(H,24,26,29). The lowest BCUT2D eigenvalue weighted by molar-refractivity contribution is -0.113. The van der Waals surface area contributed by atoms with Crippen molar-refractivity contribution < 1.29 is 4.79 Å². The Labute approximate surface area is 186 Å². The second-order valence-electron chi connectivity index (χ2n) is 6.62. The first-order valence-electron chi connectivity index (χ1n) is 9.25. The molecule has 0 saturated carbocycles. The topological polar surface area (TPSA) is 106 Å². The molecular weight excluding hydrogens is 436 g/mol. The van der Waals surface area contributed by atoms with Crippen LogP contribution in [0.3, 0.4) is 0 Å². The molecule has 0 saturated heterocycles. The van der Waals surface area contributed by atoms with Crippen LogP contribution in [-0.2, 0) is 4.79 Å². The number of benzene rings is 2. The fourth-order valence-corrected chi connectivity index (χ4v) is 3.83. The van der Waals surface area contributed by atoms with Crippen molar-refractivity contribution in [3.63, 3.8) is 0 Å². The van der Waals surface area contributed by atoms with E-state index < -0.39 is 0 Å². The van der Waals surface area contributed by atoms with E-state index in [4.69, 9.17) is 11.6 Å². The van der Waals surface area contributed by atoms with Gasteiger partial charge in [-0.1, -0.05) is 41.6 Å². The molecule has 0 aliphatic carbocycles. The number of hydrogen-bond acceptors (Lipinski definition) is 6. The summed E-state index contributed by atoms with van der Waals surface area (Å²) in [4.78, 5) is 31.2. The number of amides is 1. The molecule has 4 rings (SSSR count). The molecule has 2 aromatic carbocycles. The van der Waals surface area contributed by atoms with Crippen molar-refractivity contribution in [2.75, 3.05) is 11.1 Å². The predicted octanol–water partition coefficient (Wildman–Crippen LogP) is 3.71. The monoisotopic (exact) mass is 452 g/mol. The van der Waals surface area contributed by atoms with Gasteiger partial charge < -0.3 is 10.3 Å². The third kappa shape index (κ3) is 5.19. The molecule has 2 N–H and O–H groups in total. The van der Waals surface area contributed by atoms with Crippen LogP contribution in [0, 0.1) is 6.92 Å². The number of thioether (sulfide) groups is 1. The summed E-state index contributed by atoms with van der Waals surface area (Å²) >= 11 is 7.32. The number of carbonyl (C=O) groups excluding carboxylic acids is 1. The van der Waals surface area contributed by atoms with Gasteiger partial charge in [-0.25, -0.2) is 4.98 Å². The Kier molecular flexibility index (Phi) is 6.15. The third-order valence-electron chi connectivity index (χ3n) is 4.22. The molecule has 0 radical (unpaired) electrons. The summed E-state index contributed by atoms with van der Waals surface area (Å²) in [6, 6.07) is 15.9. The van der Waals surface area contributed by atoms with Gasteiger partial charge in [-0.3, -0.25) is 14.2 Å². The van der Waals surface area contributed by atoms with Gasteiger partial charge in [0, 0.05) is 28.0 Å². The maximum absolute atomic E-state index is 12.5. The van der Waals surface area contributed by atoms with Crippen molar-refractivity contribution >= 4 is 35.0 Å². The van der Waals surface area contributed by atoms with Crippen LogP contribution >= 0.6 is 23.4 Å². The summed E-state index contributed by atoms with van der Waals surface area (Å²) in [6.07, 6.45) is 1.57. The van der Waals surface area contributed by atoms with Gasteiger partial charge in [-0.2, -0.15) is 0 Å². The van der Waals surface area contributed by atoms with E-state index in [0.717, 1.165) is 5.69 Å². The van der Waals surface area contributed by atoms with E-state index >= 15 is 0 Å². The summed E-state index contributed by atoms with van der Waals surface area (Å²) in [5, 5.41) is 12.0. The fourth-order valence-electron chi connectivity index (χ4n) is 2.91. The summed E-state index contributed by atoms with van der Waals surface area (Å²) in [6.45, 7) is 1.75. The van der Waals surface area contributed by atoms with Crippen molar-refractivity contribution in [1.29, 1.82) is 0 Å². The van der Waals surface area contributed by atoms with Gasteiger partial charge >= 0.3 is 0 Å². The Morgan fingerprint density at radius 1 is 1.19 bits per heavy atom. The van der Waals surface area contributed by atoms with Crippen LogP contribution in [0.5, 0.6) is 0 Å². The summed E-state index contributed by atoms with van der Waals surface area (Å²) < 4.78 is 1.77. The highest BCUT2D eigenvalue weighted by Crippen LogP contribution is 2.23. The zero-order valence-electron chi connectivity index (χ0n) is 16.4. The number of aryl methyl sites for hydroxylation is 1. The second kappa shape index (κ2) is 9.15. The summed E-state index contributed by atoms with van der Waals surface area (Å²) in [5.74, 6) is 0.391. The van der Waals surface area contributed by atoms with Gasteiger partial charge in [0.2, 0.25) is 5.91 Å². The number of nitrogens with zero attached hydrogens (tertiary/aromatic N) is 4. The Hall–Kier alpha value is -3.43. The minimum absolute atomic E-state index is 0.142. The molecule has 0 atom stereocenters. The van der Waals surface area contributed by atoms with Crippen LogP contribution in [0.2, 0.25) is 5.02 Å². The molecule has 0 aliphatic heterocycles. The van der Waals surface area contributed by atoms with E-state index in [-0.39, 0.29) is 17.2 Å². The van der Waals surface area contributed by atoms with E-state index in [2.05, 4.69) is 25.5 Å². The molecule has 2 aromatic heterocycles. The van der Waals surface area contributed by atoms with E-state index in [1.807, 2.05) is 18.2 Å². The Balaban J connectivity index is 1.44. The smallest absolute Gasteiger partial charge is 0.251 e. The van der Waals surface area contributed by atoms with Crippen LogP contribution in [-0.4, -0.2) is 36.4 Å². The molecule has 1 amide bonds. The van der Waals surface area contributed by atoms with Gasteiger partial charge in [-0.15, -0.1) is 10.2 Å². The van der Waals surface area contributed by atoms with E-state index in [9.17, 15) is 9.59 Å². The van der Waals surface area contributed by atoms with Crippen LogP contribution in [0.1, 0.15) is 5.69 Å². The molecule has 0 aliphatic rings. The van der Waals surface area contributed by atoms with Crippen LogP contribution in [0.25, 0.3) is 17.1 Å². The number of aromatic amines is 1. The number of carbonyl (C=O) groups is 1. The fraction of sp³-hybridized carbons (Fsp3) is 0.0952. The van der Waals surface area contributed by atoms with E-state index in [0.29, 0.717) is 32.9 Å². The maximum Gasteiger partial charge on any atom is 0.251 e. The van der Waals surface area contributed by atoms with Crippen molar-refractivity contribution in [3.05, 3.63) is 82.0 Å². The molecule has 156 valence electrons. The van der Waals surface area contributed by atoms with Gasteiger partial charge in [0.15, 0.2) is 5.16 Å². The largest absolute Gasteiger partial charge is 0.325 e. The van der Waals surface area contributed by atoms with Gasteiger partial charge in [0.1, 0.15) is 12.2 Å². The molecule has 10 heteroatoms. The van der Waals surface area contributed by atoms with Crippen LogP contribution in [0.4, 0.5) is 5.69 Å². The second-order valence-corrected chi connectivity index (χ2v) is 8.00. The van der Waals surface area contributed by atoms with E-state index in [1.165, 1.54) is 17.8 Å². The zero-order valence-corrected chi connectivity index (χ0v) is 17.9. The highest BCUT2D eigenvalue weighted by molar-refractivity contribution is 7.99. The first-order valence-corrected chi connectivity index (χ1v) is 10.6. The van der Waals surface area contributed by atoms with Gasteiger partial charge in [0.05, 0.1) is 11.4 Å². The van der Waals surface area contributed by atoms with E-state index in [1.54, 1.807) is 48.1 Å². The number of hydrogen-bond donors (Lipinski definition) is 2. The minimum atomic E-state index is -0.225. The number of anilines is 1. The number of H-pyrrole nitrogens is 1. The number of rotatable bonds is 6. The summed E-state index contributed by atoms with van der Waals surface area (Å²) in [5.41, 5.74) is 2.51. The quantitative estimate of drug-likeness (QED) is 0.432. The van der Waals surface area contributed by atoms with Crippen LogP contribution in [0.15, 0.2) is 70.9 Å². The normalized spacial score (nSPS) is 10.8. The van der Waals surface area contributed by atoms with Crippen molar-refractivity contribution in [3.8, 4) is 17.1 Å². The number of halogens is 1. The van der Waals surface area contributed by atoms with Crippen molar-refractivity contribution in [2.45, 2.75) is 12.1 Å². The van der Waals surface area contributed by atoms with Gasteiger partial charge in [-0.05, 0) is 37.3 Å². The molecule has 31 heavy (non-hydrogen) atoms. The minimum Gasteiger partial charge on any atom is -0.325 e. The first kappa shape index (κ1) is 20.8.